The molecule has 0 saturated carbocycles. The highest BCUT2D eigenvalue weighted by atomic mass is 32.2. The predicted molar refractivity (Wildman–Crippen MR) is 89.6 cm³/mol. The molecular formula is C15H24N4O2S. The topological polar surface area (TPSA) is 90.9 Å². The number of nitrogens with two attached hydrogens (primary N) is 1. The molecule has 0 fully saturated rings. The fourth-order valence-electron chi connectivity index (χ4n) is 2.66. The van der Waals surface area contributed by atoms with Crippen LogP contribution in [-0.4, -0.2) is 35.0 Å². The van der Waals surface area contributed by atoms with Crippen LogP contribution in [0.5, 0.6) is 0 Å². The summed E-state index contributed by atoms with van der Waals surface area (Å²) in [4.78, 5) is 8.82. The second-order valence-corrected chi connectivity index (χ2v) is 8.05. The minimum Gasteiger partial charge on any atom is -0.382 e. The highest BCUT2D eigenvalue weighted by Gasteiger charge is 2.15. The first-order chi connectivity index (χ1) is 10.3. The van der Waals surface area contributed by atoms with Gasteiger partial charge in [-0.1, -0.05) is 6.92 Å². The number of nitrogen functional groups attached to an aromatic ring is 1. The van der Waals surface area contributed by atoms with Crippen LogP contribution in [0.1, 0.15) is 37.6 Å². The minimum atomic E-state index is -2.90. The van der Waals surface area contributed by atoms with Crippen molar-refractivity contribution in [1.29, 1.82) is 0 Å². The van der Waals surface area contributed by atoms with E-state index in [1.165, 1.54) is 6.26 Å². The zero-order valence-corrected chi connectivity index (χ0v) is 14.3. The predicted octanol–water partition coefficient (Wildman–Crippen LogP) is 2.10. The van der Waals surface area contributed by atoms with E-state index in [9.17, 15) is 8.42 Å². The summed E-state index contributed by atoms with van der Waals surface area (Å²) in [7, 11) is -2.90. The van der Waals surface area contributed by atoms with Crippen molar-refractivity contribution < 1.29 is 8.42 Å². The summed E-state index contributed by atoms with van der Waals surface area (Å²) in [6.07, 6.45) is 6.37. The highest BCUT2D eigenvalue weighted by Crippen LogP contribution is 2.24. The van der Waals surface area contributed by atoms with Gasteiger partial charge in [0.05, 0.1) is 5.52 Å². The quantitative estimate of drug-likeness (QED) is 0.788. The number of pyridine rings is 1. The Kier molecular flexibility index (Phi) is 5.05. The molecule has 7 heteroatoms. The first-order valence-corrected chi connectivity index (χ1v) is 9.67. The number of imidazole rings is 1. The smallest absolute Gasteiger partial charge is 0.151 e. The van der Waals surface area contributed by atoms with E-state index in [4.69, 9.17) is 5.73 Å². The number of anilines is 1. The number of hydrogen-bond acceptors (Lipinski definition) is 5. The Morgan fingerprint density at radius 2 is 2.05 bits per heavy atom. The molecule has 2 heterocycles. The van der Waals surface area contributed by atoms with Crippen molar-refractivity contribution in [3.8, 4) is 0 Å². The van der Waals surface area contributed by atoms with Gasteiger partial charge in [-0.05, 0) is 31.7 Å². The molecule has 0 aliphatic heterocycles. The lowest BCUT2D eigenvalue weighted by molar-refractivity contribution is 0.583. The summed E-state index contributed by atoms with van der Waals surface area (Å²) in [5.74, 6) is 1.68. The normalized spacial score (nSPS) is 12.1. The van der Waals surface area contributed by atoms with Gasteiger partial charge in [-0.3, -0.25) is 0 Å². The van der Waals surface area contributed by atoms with Crippen molar-refractivity contribution in [2.24, 2.45) is 0 Å². The molecule has 0 radical (unpaired) electrons. The van der Waals surface area contributed by atoms with E-state index in [0.29, 0.717) is 12.2 Å². The van der Waals surface area contributed by atoms with Gasteiger partial charge in [-0.25, -0.2) is 18.4 Å². The van der Waals surface area contributed by atoms with Crippen LogP contribution in [-0.2, 0) is 22.8 Å². The Morgan fingerprint density at radius 1 is 1.32 bits per heavy atom. The molecule has 0 amide bonds. The van der Waals surface area contributed by atoms with Gasteiger partial charge in [0.15, 0.2) is 5.82 Å². The average molecular weight is 324 g/mol. The molecular weight excluding hydrogens is 300 g/mol. The van der Waals surface area contributed by atoms with Crippen molar-refractivity contribution in [3.05, 3.63) is 17.6 Å². The van der Waals surface area contributed by atoms with Crippen LogP contribution in [0, 0.1) is 6.92 Å². The second kappa shape index (κ2) is 6.64. The molecule has 0 aromatic carbocycles. The zero-order chi connectivity index (χ0) is 16.3. The second-order valence-electron chi connectivity index (χ2n) is 5.79. The van der Waals surface area contributed by atoms with Gasteiger partial charge in [0.2, 0.25) is 0 Å². The molecule has 0 bridgehead atoms. The van der Waals surface area contributed by atoms with E-state index in [1.807, 2.05) is 6.92 Å². The van der Waals surface area contributed by atoms with Gasteiger partial charge < -0.3 is 10.3 Å². The first-order valence-electron chi connectivity index (χ1n) is 7.61. The number of aromatic nitrogens is 3. The molecule has 0 saturated heterocycles. The maximum Gasteiger partial charge on any atom is 0.151 e. The fourth-order valence-corrected chi connectivity index (χ4v) is 3.38. The third-order valence-electron chi connectivity index (χ3n) is 3.68. The number of aryl methyl sites for hydroxylation is 3. The number of nitrogens with zero attached hydrogens (tertiary/aromatic N) is 3. The Morgan fingerprint density at radius 3 is 2.68 bits per heavy atom. The fraction of sp³-hybridized carbons (Fsp3) is 0.600. The van der Waals surface area contributed by atoms with E-state index < -0.39 is 9.84 Å². The summed E-state index contributed by atoms with van der Waals surface area (Å²) in [5, 5.41) is 0. The van der Waals surface area contributed by atoms with E-state index in [1.54, 1.807) is 6.20 Å². The zero-order valence-electron chi connectivity index (χ0n) is 13.5. The van der Waals surface area contributed by atoms with E-state index in [0.717, 1.165) is 48.2 Å². The molecule has 22 heavy (non-hydrogen) atoms. The van der Waals surface area contributed by atoms with Gasteiger partial charge in [-0.2, -0.15) is 0 Å². The van der Waals surface area contributed by atoms with Crippen LogP contribution in [0.3, 0.4) is 0 Å². The molecule has 0 aliphatic rings. The van der Waals surface area contributed by atoms with Crippen LogP contribution in [0.4, 0.5) is 5.82 Å². The number of unbranched alkanes of at least 4 members (excludes halogenated alkanes) is 1. The summed E-state index contributed by atoms with van der Waals surface area (Å²) in [6.45, 7) is 4.87. The number of sulfone groups is 1. The van der Waals surface area contributed by atoms with Crippen molar-refractivity contribution in [2.45, 2.75) is 46.1 Å². The van der Waals surface area contributed by atoms with Crippen LogP contribution < -0.4 is 5.73 Å². The molecule has 6 nitrogen and oxygen atoms in total. The lowest BCUT2D eigenvalue weighted by Crippen LogP contribution is -2.08. The van der Waals surface area contributed by atoms with Gasteiger partial charge in [-0.15, -0.1) is 0 Å². The van der Waals surface area contributed by atoms with Crippen LogP contribution in [0.2, 0.25) is 0 Å². The molecule has 0 aliphatic carbocycles. The van der Waals surface area contributed by atoms with E-state index >= 15 is 0 Å². The number of rotatable bonds is 7. The number of hydrogen-bond donors (Lipinski definition) is 1. The van der Waals surface area contributed by atoms with Gasteiger partial charge in [0.25, 0.3) is 0 Å². The van der Waals surface area contributed by atoms with Crippen molar-refractivity contribution in [1.82, 2.24) is 14.5 Å². The lowest BCUT2D eigenvalue weighted by Gasteiger charge is -2.10. The summed E-state index contributed by atoms with van der Waals surface area (Å²) >= 11 is 0. The Labute approximate surface area is 131 Å². The SMILES string of the molecule is CCCc1nc2c(N)ncc(C)c2n1CCCCS(C)(=O)=O. The largest absolute Gasteiger partial charge is 0.382 e. The van der Waals surface area contributed by atoms with Crippen molar-refractivity contribution in [3.63, 3.8) is 0 Å². The van der Waals surface area contributed by atoms with E-state index in [-0.39, 0.29) is 5.75 Å². The standard InChI is InChI=1S/C15H24N4O2S/c1-4-7-12-18-13-14(11(2)10-17-15(13)16)19(12)8-5-6-9-22(3,20)21/h10H,4-9H2,1-3H3,(H2,16,17). The van der Waals surface area contributed by atoms with E-state index in [2.05, 4.69) is 21.5 Å². The highest BCUT2D eigenvalue weighted by molar-refractivity contribution is 7.90. The maximum absolute atomic E-state index is 11.2. The van der Waals surface area contributed by atoms with Crippen molar-refractivity contribution >= 4 is 26.7 Å². The lowest BCUT2D eigenvalue weighted by atomic mass is 10.2. The van der Waals surface area contributed by atoms with Gasteiger partial charge >= 0.3 is 0 Å². The molecule has 2 aromatic rings. The van der Waals surface area contributed by atoms with Crippen LogP contribution in [0.15, 0.2) is 6.20 Å². The van der Waals surface area contributed by atoms with Crippen LogP contribution >= 0.6 is 0 Å². The molecule has 0 atom stereocenters. The Balaban J connectivity index is 2.29. The molecule has 122 valence electrons. The molecule has 0 spiro atoms. The average Bonchev–Trinajstić information content (AvgIpc) is 2.78. The minimum absolute atomic E-state index is 0.228. The van der Waals surface area contributed by atoms with Gasteiger partial charge in [0.1, 0.15) is 21.2 Å². The maximum atomic E-state index is 11.2. The Bertz CT molecular complexity index is 765. The Hall–Kier alpha value is -1.63. The summed E-state index contributed by atoms with van der Waals surface area (Å²) in [6, 6.07) is 0. The molecule has 2 rings (SSSR count). The molecule has 0 unspecified atom stereocenters. The number of fused-ring (bicyclic) bond motifs is 1. The monoisotopic (exact) mass is 324 g/mol. The summed E-state index contributed by atoms with van der Waals surface area (Å²) in [5.41, 5.74) is 8.77. The first kappa shape index (κ1) is 16.7. The van der Waals surface area contributed by atoms with Gasteiger partial charge in [0, 0.05) is 31.2 Å². The molecule has 2 aromatic heterocycles. The van der Waals surface area contributed by atoms with Crippen molar-refractivity contribution in [2.75, 3.05) is 17.7 Å². The third-order valence-corrected chi connectivity index (χ3v) is 4.71. The third kappa shape index (κ3) is 3.76. The van der Waals surface area contributed by atoms with Crippen LogP contribution in [0.25, 0.3) is 11.0 Å². The molecule has 2 N–H and O–H groups in total. The summed E-state index contributed by atoms with van der Waals surface area (Å²) < 4.78 is 24.6.